The van der Waals surface area contributed by atoms with Crippen molar-refractivity contribution in [2.45, 2.75) is 12.8 Å². The van der Waals surface area contributed by atoms with Gasteiger partial charge < -0.3 is 9.88 Å². The van der Waals surface area contributed by atoms with Crippen LogP contribution in [0, 0.1) is 12.3 Å². The zero-order chi connectivity index (χ0) is 11.3. The van der Waals surface area contributed by atoms with Crippen LogP contribution in [0.1, 0.15) is 23.3 Å². The molecule has 0 radical (unpaired) electrons. The van der Waals surface area contributed by atoms with E-state index in [9.17, 15) is 4.79 Å². The Kier molecular flexibility index (Phi) is 4.26. The van der Waals surface area contributed by atoms with Crippen LogP contribution in [-0.2, 0) is 7.05 Å². The van der Waals surface area contributed by atoms with E-state index in [1.54, 1.807) is 23.9 Å². The monoisotopic (exact) mass is 224 g/mol. The van der Waals surface area contributed by atoms with Crippen molar-refractivity contribution in [1.29, 1.82) is 0 Å². The molecule has 0 aliphatic rings. The molecule has 1 rings (SSSR count). The minimum absolute atomic E-state index is 0.124. The number of unbranched alkanes of at least 4 members (excludes halogenated alkanes) is 1. The minimum Gasteiger partial charge on any atom is -0.351 e. The second kappa shape index (κ2) is 5.47. The van der Waals surface area contributed by atoms with Crippen LogP contribution < -0.4 is 5.32 Å². The molecule has 0 spiro atoms. The normalized spacial score (nSPS) is 9.67. The van der Waals surface area contributed by atoms with Gasteiger partial charge in [-0.3, -0.25) is 4.79 Å². The second-order valence-electron chi connectivity index (χ2n) is 3.22. The molecule has 1 heterocycles. The predicted molar refractivity (Wildman–Crippen MR) is 60.8 cm³/mol. The van der Waals surface area contributed by atoms with Gasteiger partial charge in [-0.2, -0.15) is 0 Å². The number of halogens is 1. The Balaban J connectivity index is 2.48. The van der Waals surface area contributed by atoms with E-state index in [1.165, 1.54) is 0 Å². The lowest BCUT2D eigenvalue weighted by Gasteiger charge is -2.04. The van der Waals surface area contributed by atoms with Crippen molar-refractivity contribution in [3.8, 4) is 12.3 Å². The van der Waals surface area contributed by atoms with E-state index < -0.39 is 0 Å². The Morgan fingerprint density at radius 3 is 3.00 bits per heavy atom. The summed E-state index contributed by atoms with van der Waals surface area (Å²) in [6, 6.07) is 1.64. The predicted octanol–water partition coefficient (Wildman–Crippen LogP) is 1.82. The van der Waals surface area contributed by atoms with E-state index in [1.807, 2.05) is 0 Å². The Morgan fingerprint density at radius 2 is 2.47 bits per heavy atom. The zero-order valence-corrected chi connectivity index (χ0v) is 9.34. The molecule has 4 heteroatoms. The molecule has 0 bridgehead atoms. The Hall–Kier alpha value is -1.40. The third-order valence-electron chi connectivity index (χ3n) is 1.99. The van der Waals surface area contributed by atoms with E-state index in [0.29, 0.717) is 23.7 Å². The maximum Gasteiger partial charge on any atom is 0.267 e. The van der Waals surface area contributed by atoms with Crippen LogP contribution in [0.25, 0.3) is 0 Å². The molecule has 0 fully saturated rings. The van der Waals surface area contributed by atoms with Gasteiger partial charge in [0.25, 0.3) is 5.91 Å². The molecule has 0 saturated carbocycles. The number of nitrogens with zero attached hydrogens (tertiary/aromatic N) is 1. The fraction of sp³-hybridized carbons (Fsp3) is 0.364. The fourth-order valence-electron chi connectivity index (χ4n) is 1.23. The Labute approximate surface area is 94.4 Å². The van der Waals surface area contributed by atoms with E-state index in [4.69, 9.17) is 18.0 Å². The van der Waals surface area contributed by atoms with Gasteiger partial charge in [0.05, 0.1) is 5.02 Å². The van der Waals surface area contributed by atoms with Gasteiger partial charge in [-0.15, -0.1) is 12.3 Å². The molecule has 0 unspecified atom stereocenters. The molecule has 3 nitrogen and oxygen atoms in total. The number of carbonyl (C=O) groups excluding carboxylic acids is 1. The van der Waals surface area contributed by atoms with Crippen molar-refractivity contribution in [1.82, 2.24) is 9.88 Å². The molecule has 80 valence electrons. The SMILES string of the molecule is C#CCCCNC(=O)c1cc(Cl)cn1C. The van der Waals surface area contributed by atoms with E-state index in [2.05, 4.69) is 11.2 Å². The van der Waals surface area contributed by atoms with Gasteiger partial charge in [0.2, 0.25) is 0 Å². The van der Waals surface area contributed by atoms with Gasteiger partial charge in [0.15, 0.2) is 0 Å². The van der Waals surface area contributed by atoms with Crippen molar-refractivity contribution in [2.24, 2.45) is 7.05 Å². The topological polar surface area (TPSA) is 34.0 Å². The van der Waals surface area contributed by atoms with Crippen molar-refractivity contribution in [3.05, 3.63) is 23.0 Å². The zero-order valence-electron chi connectivity index (χ0n) is 8.59. The highest BCUT2D eigenvalue weighted by Crippen LogP contribution is 2.12. The maximum absolute atomic E-state index is 11.6. The molecule has 0 aliphatic heterocycles. The quantitative estimate of drug-likeness (QED) is 0.615. The van der Waals surface area contributed by atoms with Crippen LogP contribution >= 0.6 is 11.6 Å². The highest BCUT2D eigenvalue weighted by atomic mass is 35.5. The lowest BCUT2D eigenvalue weighted by atomic mass is 10.3. The number of hydrogen-bond acceptors (Lipinski definition) is 1. The minimum atomic E-state index is -0.124. The molecule has 0 saturated heterocycles. The molecule has 1 aromatic rings. The summed E-state index contributed by atoms with van der Waals surface area (Å²) < 4.78 is 1.69. The molecule has 15 heavy (non-hydrogen) atoms. The lowest BCUT2D eigenvalue weighted by molar-refractivity contribution is 0.0945. The number of aromatic nitrogens is 1. The number of carbonyl (C=O) groups is 1. The molecule has 0 aliphatic carbocycles. The van der Waals surface area contributed by atoms with Crippen molar-refractivity contribution < 1.29 is 4.79 Å². The van der Waals surface area contributed by atoms with Gasteiger partial charge in [-0.1, -0.05) is 11.6 Å². The third-order valence-corrected chi connectivity index (χ3v) is 2.19. The highest BCUT2D eigenvalue weighted by molar-refractivity contribution is 6.31. The largest absolute Gasteiger partial charge is 0.351 e. The van der Waals surface area contributed by atoms with Gasteiger partial charge in [-0.05, 0) is 12.5 Å². The number of rotatable bonds is 4. The number of terminal acetylenes is 1. The van der Waals surface area contributed by atoms with Crippen molar-refractivity contribution in [2.75, 3.05) is 6.54 Å². The number of aryl methyl sites for hydroxylation is 1. The number of hydrogen-bond donors (Lipinski definition) is 1. The molecular formula is C11H13ClN2O. The summed E-state index contributed by atoms with van der Waals surface area (Å²) in [5.74, 6) is 2.40. The number of nitrogens with one attached hydrogen (secondary N) is 1. The van der Waals surface area contributed by atoms with E-state index in [0.717, 1.165) is 6.42 Å². The summed E-state index contributed by atoms with van der Waals surface area (Å²) in [7, 11) is 1.78. The summed E-state index contributed by atoms with van der Waals surface area (Å²) in [5.41, 5.74) is 0.556. The first kappa shape index (κ1) is 11.7. The first-order chi connectivity index (χ1) is 7.15. The van der Waals surface area contributed by atoms with Crippen LogP contribution in [0.15, 0.2) is 12.3 Å². The van der Waals surface area contributed by atoms with Crippen molar-refractivity contribution in [3.63, 3.8) is 0 Å². The first-order valence-corrected chi connectivity index (χ1v) is 5.06. The van der Waals surface area contributed by atoms with Crippen LogP contribution in [0.2, 0.25) is 5.02 Å². The smallest absolute Gasteiger partial charge is 0.267 e. The van der Waals surface area contributed by atoms with Crippen LogP contribution in [0.4, 0.5) is 0 Å². The Morgan fingerprint density at radius 1 is 1.73 bits per heavy atom. The van der Waals surface area contributed by atoms with E-state index >= 15 is 0 Å². The summed E-state index contributed by atoms with van der Waals surface area (Å²) in [6.07, 6.45) is 8.26. The highest BCUT2D eigenvalue weighted by Gasteiger charge is 2.09. The average Bonchev–Trinajstić information content (AvgIpc) is 2.52. The summed E-state index contributed by atoms with van der Waals surface area (Å²) in [5, 5.41) is 3.34. The third kappa shape index (κ3) is 3.34. The van der Waals surface area contributed by atoms with Gasteiger partial charge in [-0.25, -0.2) is 0 Å². The fourth-order valence-corrected chi connectivity index (χ4v) is 1.48. The molecule has 0 atom stereocenters. The molecule has 1 aromatic heterocycles. The van der Waals surface area contributed by atoms with Crippen LogP contribution in [0.5, 0.6) is 0 Å². The number of amides is 1. The van der Waals surface area contributed by atoms with Crippen LogP contribution in [-0.4, -0.2) is 17.0 Å². The summed E-state index contributed by atoms with van der Waals surface area (Å²) in [4.78, 5) is 11.6. The first-order valence-electron chi connectivity index (χ1n) is 4.68. The van der Waals surface area contributed by atoms with Gasteiger partial charge >= 0.3 is 0 Å². The lowest BCUT2D eigenvalue weighted by Crippen LogP contribution is -2.26. The van der Waals surface area contributed by atoms with Gasteiger partial charge in [0, 0.05) is 26.2 Å². The molecular weight excluding hydrogens is 212 g/mol. The van der Waals surface area contributed by atoms with Gasteiger partial charge in [0.1, 0.15) is 5.69 Å². The standard InChI is InChI=1S/C11H13ClN2O/c1-3-4-5-6-13-11(15)10-7-9(12)8-14(10)2/h1,7-8H,4-6H2,2H3,(H,13,15). The maximum atomic E-state index is 11.6. The summed E-state index contributed by atoms with van der Waals surface area (Å²) in [6.45, 7) is 0.589. The van der Waals surface area contributed by atoms with Crippen molar-refractivity contribution >= 4 is 17.5 Å². The van der Waals surface area contributed by atoms with Crippen LogP contribution in [0.3, 0.4) is 0 Å². The molecule has 1 N–H and O–H groups in total. The molecule has 0 aromatic carbocycles. The average molecular weight is 225 g/mol. The Bertz CT molecular complexity index is 390. The molecule has 1 amide bonds. The second-order valence-corrected chi connectivity index (χ2v) is 3.65. The van der Waals surface area contributed by atoms with E-state index in [-0.39, 0.29) is 5.91 Å². The summed E-state index contributed by atoms with van der Waals surface area (Å²) >= 11 is 5.77.